The second-order valence-corrected chi connectivity index (χ2v) is 8.49. The van der Waals surface area contributed by atoms with Gasteiger partial charge in [0.15, 0.2) is 0 Å². The first-order valence-electron chi connectivity index (χ1n) is 8.42. The van der Waals surface area contributed by atoms with Crippen LogP contribution in [-0.4, -0.2) is 50.1 Å². The molecule has 0 spiro atoms. The van der Waals surface area contributed by atoms with E-state index in [-0.39, 0.29) is 43.0 Å². The molecular weight excluding hydrogens is 378 g/mol. The molecule has 0 aliphatic carbocycles. The minimum Gasteiger partial charge on any atom is -0.463 e. The van der Waals surface area contributed by atoms with Crippen LogP contribution in [0.15, 0.2) is 41.3 Å². The van der Waals surface area contributed by atoms with E-state index in [0.29, 0.717) is 5.02 Å². The first-order valence-corrected chi connectivity index (χ1v) is 10.2. The molecule has 8 heteroatoms. The fourth-order valence-corrected chi connectivity index (χ4v) is 3.80. The van der Waals surface area contributed by atoms with Crippen molar-refractivity contribution in [2.75, 3.05) is 26.3 Å². The van der Waals surface area contributed by atoms with Gasteiger partial charge in [-0.25, -0.2) is 13.2 Å². The van der Waals surface area contributed by atoms with Crippen molar-refractivity contribution in [1.82, 2.24) is 4.31 Å². The number of esters is 1. The number of benzene rings is 1. The van der Waals surface area contributed by atoms with E-state index in [1.165, 1.54) is 40.7 Å². The van der Waals surface area contributed by atoms with Gasteiger partial charge in [-0.2, -0.15) is 4.31 Å². The normalized spacial score (nSPS) is 13.5. The first-order chi connectivity index (χ1) is 12.2. The number of rotatable bonds is 10. The smallest absolute Gasteiger partial charge is 0.330 e. The van der Waals surface area contributed by atoms with Crippen LogP contribution in [0.25, 0.3) is 0 Å². The molecule has 1 N–H and O–H groups in total. The van der Waals surface area contributed by atoms with Gasteiger partial charge in [-0.15, -0.1) is 0 Å². The number of carbonyl (C=O) groups is 1. The zero-order chi connectivity index (χ0) is 19.7. The van der Waals surface area contributed by atoms with E-state index in [2.05, 4.69) is 0 Å². The summed E-state index contributed by atoms with van der Waals surface area (Å²) in [5.41, 5.74) is 0. The van der Waals surface area contributed by atoms with Crippen molar-refractivity contribution >= 4 is 27.6 Å². The van der Waals surface area contributed by atoms with Crippen LogP contribution in [0.4, 0.5) is 0 Å². The van der Waals surface area contributed by atoms with Crippen molar-refractivity contribution in [3.05, 3.63) is 41.4 Å². The molecule has 0 fully saturated rings. The molecule has 1 aromatic rings. The van der Waals surface area contributed by atoms with Crippen molar-refractivity contribution in [3.8, 4) is 0 Å². The van der Waals surface area contributed by atoms with Gasteiger partial charge in [0.1, 0.15) is 0 Å². The predicted octanol–water partition coefficient (Wildman–Crippen LogP) is 2.71. The Labute approximate surface area is 160 Å². The summed E-state index contributed by atoms with van der Waals surface area (Å²) < 4.78 is 32.0. The Hall–Kier alpha value is -1.41. The van der Waals surface area contributed by atoms with Crippen LogP contribution in [0.3, 0.4) is 0 Å². The predicted molar refractivity (Wildman–Crippen MR) is 101 cm³/mol. The highest BCUT2D eigenvalue weighted by molar-refractivity contribution is 7.89. The average Bonchev–Trinajstić information content (AvgIpc) is 2.58. The molecule has 0 unspecified atom stereocenters. The number of aliphatic hydroxyl groups is 1. The second kappa shape index (κ2) is 10.7. The van der Waals surface area contributed by atoms with Gasteiger partial charge in [0.2, 0.25) is 10.0 Å². The Balaban J connectivity index is 3.09. The van der Waals surface area contributed by atoms with Gasteiger partial charge in [-0.3, -0.25) is 0 Å². The molecular formula is C18H26ClNO5S. The minimum atomic E-state index is -3.81. The summed E-state index contributed by atoms with van der Waals surface area (Å²) in [5.74, 6) is -0.663. The van der Waals surface area contributed by atoms with Crippen LogP contribution in [0, 0.1) is 11.8 Å². The zero-order valence-corrected chi connectivity index (χ0v) is 16.8. The molecule has 6 nitrogen and oxygen atoms in total. The van der Waals surface area contributed by atoms with Crippen LogP contribution in [0.2, 0.25) is 5.02 Å². The van der Waals surface area contributed by atoms with Crippen LogP contribution < -0.4 is 0 Å². The quantitative estimate of drug-likeness (QED) is 0.479. The highest BCUT2D eigenvalue weighted by atomic mass is 35.5. The van der Waals surface area contributed by atoms with Gasteiger partial charge >= 0.3 is 5.97 Å². The average molecular weight is 404 g/mol. The summed E-state index contributed by atoms with van der Waals surface area (Å²) in [6, 6.07) is 5.88. The summed E-state index contributed by atoms with van der Waals surface area (Å²) in [6.45, 7) is 5.77. The Morgan fingerprint density at radius 2 is 1.92 bits per heavy atom. The third-order valence-electron chi connectivity index (χ3n) is 3.92. The van der Waals surface area contributed by atoms with Gasteiger partial charge in [0.25, 0.3) is 0 Å². The molecule has 0 saturated heterocycles. The molecule has 0 bridgehead atoms. The summed E-state index contributed by atoms with van der Waals surface area (Å²) in [5, 5.41) is 10.0. The van der Waals surface area contributed by atoms with E-state index in [1.54, 1.807) is 6.92 Å². The van der Waals surface area contributed by atoms with Gasteiger partial charge < -0.3 is 9.84 Å². The maximum atomic E-state index is 13.0. The maximum Gasteiger partial charge on any atom is 0.330 e. The SMILES string of the molecule is CCOC(=O)C=CCN(C[C@H](CO)C(C)C)S(=O)(=O)c1ccc(Cl)cc1. The summed E-state index contributed by atoms with van der Waals surface area (Å²) >= 11 is 5.83. The lowest BCUT2D eigenvalue weighted by Gasteiger charge is -2.27. The molecule has 1 atom stereocenters. The molecule has 26 heavy (non-hydrogen) atoms. The molecule has 0 amide bonds. The van der Waals surface area contributed by atoms with Crippen LogP contribution in [-0.2, 0) is 19.6 Å². The number of halogens is 1. The molecule has 0 aliphatic heterocycles. The lowest BCUT2D eigenvalue weighted by molar-refractivity contribution is -0.137. The number of aliphatic hydroxyl groups excluding tert-OH is 1. The van der Waals surface area contributed by atoms with Crippen molar-refractivity contribution < 1.29 is 23.1 Å². The topological polar surface area (TPSA) is 83.9 Å². The van der Waals surface area contributed by atoms with E-state index in [1.807, 2.05) is 13.8 Å². The van der Waals surface area contributed by atoms with Crippen LogP contribution in [0.5, 0.6) is 0 Å². The fraction of sp³-hybridized carbons (Fsp3) is 0.500. The maximum absolute atomic E-state index is 13.0. The zero-order valence-electron chi connectivity index (χ0n) is 15.3. The van der Waals surface area contributed by atoms with Gasteiger partial charge in [-0.05, 0) is 43.0 Å². The third-order valence-corrected chi connectivity index (χ3v) is 6.01. The van der Waals surface area contributed by atoms with Crippen molar-refractivity contribution in [1.29, 1.82) is 0 Å². The summed E-state index contributed by atoms with van der Waals surface area (Å²) in [4.78, 5) is 11.5. The van der Waals surface area contributed by atoms with Crippen LogP contribution >= 0.6 is 11.6 Å². The van der Waals surface area contributed by atoms with E-state index < -0.39 is 16.0 Å². The number of hydrogen-bond acceptors (Lipinski definition) is 5. The molecule has 1 rings (SSSR count). The molecule has 1 aromatic carbocycles. The summed E-state index contributed by atoms with van der Waals surface area (Å²) in [6.07, 6.45) is 2.65. The molecule has 146 valence electrons. The lowest BCUT2D eigenvalue weighted by atomic mass is 9.97. The standard InChI is InChI=1S/C18H26ClNO5S/c1-4-25-18(22)6-5-11-20(12-15(13-21)14(2)3)26(23,24)17-9-7-16(19)8-10-17/h5-10,14-15,21H,4,11-13H2,1-3H3/t15-/m1/s1. The van der Waals surface area contributed by atoms with Gasteiger partial charge in [-0.1, -0.05) is 31.5 Å². The number of nitrogens with zero attached hydrogens (tertiary/aromatic N) is 1. The Morgan fingerprint density at radius 1 is 1.31 bits per heavy atom. The lowest BCUT2D eigenvalue weighted by Crippen LogP contribution is -2.38. The second-order valence-electron chi connectivity index (χ2n) is 6.12. The van der Waals surface area contributed by atoms with E-state index >= 15 is 0 Å². The molecule has 0 saturated carbocycles. The highest BCUT2D eigenvalue weighted by Gasteiger charge is 2.27. The highest BCUT2D eigenvalue weighted by Crippen LogP contribution is 2.21. The Kier molecular flexibility index (Phi) is 9.29. The monoisotopic (exact) mass is 403 g/mol. The van der Waals surface area contributed by atoms with Crippen molar-refractivity contribution in [2.24, 2.45) is 11.8 Å². The number of sulfonamides is 1. The number of carbonyl (C=O) groups excluding carboxylic acids is 1. The molecule has 0 heterocycles. The van der Waals surface area contributed by atoms with E-state index in [0.717, 1.165) is 0 Å². The molecule has 0 aliphatic rings. The minimum absolute atomic E-state index is 0.00695. The molecule has 0 radical (unpaired) electrons. The van der Waals surface area contributed by atoms with Gasteiger partial charge in [0, 0.05) is 30.8 Å². The van der Waals surface area contributed by atoms with E-state index in [9.17, 15) is 18.3 Å². The Bertz CT molecular complexity index is 701. The Morgan fingerprint density at radius 3 is 2.42 bits per heavy atom. The largest absolute Gasteiger partial charge is 0.463 e. The first kappa shape index (κ1) is 22.6. The molecule has 0 aromatic heterocycles. The number of ether oxygens (including phenoxy) is 1. The third kappa shape index (κ3) is 6.72. The van der Waals surface area contributed by atoms with Crippen molar-refractivity contribution in [2.45, 2.75) is 25.7 Å². The summed E-state index contributed by atoms with van der Waals surface area (Å²) in [7, 11) is -3.81. The van der Waals surface area contributed by atoms with Gasteiger partial charge in [0.05, 0.1) is 11.5 Å². The van der Waals surface area contributed by atoms with E-state index in [4.69, 9.17) is 16.3 Å². The number of hydrogen-bond donors (Lipinski definition) is 1. The van der Waals surface area contributed by atoms with Crippen LogP contribution in [0.1, 0.15) is 20.8 Å². The van der Waals surface area contributed by atoms with Crippen molar-refractivity contribution in [3.63, 3.8) is 0 Å². The fourth-order valence-electron chi connectivity index (χ4n) is 2.22.